The van der Waals surface area contributed by atoms with Crippen molar-refractivity contribution < 1.29 is 9.53 Å². The fourth-order valence-corrected chi connectivity index (χ4v) is 6.12. The zero-order valence-electron chi connectivity index (χ0n) is 20.3. The lowest BCUT2D eigenvalue weighted by molar-refractivity contribution is 0.0751. The van der Waals surface area contributed by atoms with E-state index in [0.717, 1.165) is 45.6 Å². The Morgan fingerprint density at radius 2 is 1.70 bits per heavy atom. The smallest absolute Gasteiger partial charge is 0.264 e. The Balaban J connectivity index is 1.30. The molecule has 0 bridgehead atoms. The summed E-state index contributed by atoms with van der Waals surface area (Å²) in [5.74, 6) is 2.37. The summed E-state index contributed by atoms with van der Waals surface area (Å²) in [5.41, 5.74) is 2.77. The average Bonchev–Trinajstić information content (AvgIpc) is 3.51. The van der Waals surface area contributed by atoms with Crippen LogP contribution in [0, 0.1) is 0 Å². The quantitative estimate of drug-likeness (QED) is 0.273. The summed E-state index contributed by atoms with van der Waals surface area (Å²) in [7, 11) is 0. The molecule has 11 heteroatoms. The van der Waals surface area contributed by atoms with Crippen LogP contribution in [0.2, 0.25) is 0 Å². The molecule has 2 aliphatic rings. The van der Waals surface area contributed by atoms with Gasteiger partial charge in [0.2, 0.25) is 5.95 Å². The van der Waals surface area contributed by atoms with Gasteiger partial charge >= 0.3 is 0 Å². The van der Waals surface area contributed by atoms with Gasteiger partial charge in [-0.05, 0) is 17.0 Å². The molecule has 0 spiro atoms. The molecule has 0 radical (unpaired) electrons. The molecule has 0 atom stereocenters. The molecule has 1 amide bonds. The molecule has 5 heterocycles. The fraction of sp³-hybridized carbons (Fsp3) is 0.346. The maximum atomic E-state index is 12.8. The fourth-order valence-electron chi connectivity index (χ4n) is 4.53. The molecule has 0 saturated carbocycles. The van der Waals surface area contributed by atoms with E-state index in [2.05, 4.69) is 31.9 Å². The van der Waals surface area contributed by atoms with E-state index < -0.39 is 0 Å². The number of nitrogens with zero attached hydrogens (tertiary/aromatic N) is 7. The van der Waals surface area contributed by atoms with Crippen molar-refractivity contribution in [2.24, 2.45) is 0 Å². The largest absolute Gasteiger partial charge is 0.378 e. The van der Waals surface area contributed by atoms with Crippen LogP contribution in [0.1, 0.15) is 15.2 Å². The second-order valence-electron chi connectivity index (χ2n) is 8.85. The van der Waals surface area contributed by atoms with Gasteiger partial charge in [0.05, 0.1) is 18.1 Å². The number of anilines is 2. The number of rotatable bonds is 6. The summed E-state index contributed by atoms with van der Waals surface area (Å²) in [4.78, 5) is 39.1. The number of hydrogen-bond donors (Lipinski definition) is 0. The molecule has 1 aromatic carbocycles. The minimum atomic E-state index is 0.0936. The van der Waals surface area contributed by atoms with Crippen molar-refractivity contribution in [3.63, 3.8) is 0 Å². The number of carbonyl (C=O) groups excluding carboxylic acids is 1. The van der Waals surface area contributed by atoms with Gasteiger partial charge in [0, 0.05) is 45.0 Å². The van der Waals surface area contributed by atoms with E-state index in [1.54, 1.807) is 18.1 Å². The van der Waals surface area contributed by atoms with Crippen molar-refractivity contribution in [2.75, 3.05) is 62.3 Å². The zero-order valence-corrected chi connectivity index (χ0v) is 22.0. The molecule has 190 valence electrons. The molecule has 4 aromatic rings. The third kappa shape index (κ3) is 5.25. The van der Waals surface area contributed by atoms with E-state index in [1.165, 1.54) is 16.9 Å². The van der Waals surface area contributed by atoms with E-state index in [0.29, 0.717) is 45.3 Å². The molecule has 0 unspecified atom stereocenters. The van der Waals surface area contributed by atoms with Crippen molar-refractivity contribution >= 4 is 51.8 Å². The Labute approximate surface area is 223 Å². The number of ether oxygens (including phenoxy) is 1. The van der Waals surface area contributed by atoms with Crippen LogP contribution < -0.4 is 9.80 Å². The Bertz CT molecular complexity index is 1360. The average molecular weight is 534 g/mol. The predicted octanol–water partition coefficient (Wildman–Crippen LogP) is 3.57. The van der Waals surface area contributed by atoms with E-state index in [4.69, 9.17) is 14.7 Å². The molecule has 0 aliphatic carbocycles. The van der Waals surface area contributed by atoms with Gasteiger partial charge in [-0.2, -0.15) is 4.98 Å². The van der Waals surface area contributed by atoms with Crippen molar-refractivity contribution in [3.05, 3.63) is 64.6 Å². The first-order chi connectivity index (χ1) is 18.3. The van der Waals surface area contributed by atoms with Crippen LogP contribution in [0.5, 0.6) is 0 Å². The predicted molar refractivity (Wildman–Crippen MR) is 147 cm³/mol. The minimum absolute atomic E-state index is 0.0936. The number of carbonyl (C=O) groups is 1. The number of fused-ring (bicyclic) bond motifs is 1. The van der Waals surface area contributed by atoms with Gasteiger partial charge in [0.15, 0.2) is 5.82 Å². The van der Waals surface area contributed by atoms with Gasteiger partial charge in [-0.15, -0.1) is 11.3 Å². The Kier molecular flexibility index (Phi) is 7.16. The maximum absolute atomic E-state index is 12.8. The Morgan fingerprint density at radius 1 is 0.892 bits per heavy atom. The van der Waals surface area contributed by atoms with Gasteiger partial charge in [0.1, 0.15) is 22.4 Å². The summed E-state index contributed by atoms with van der Waals surface area (Å²) in [6, 6.07) is 14.2. The molecule has 3 aromatic heterocycles. The van der Waals surface area contributed by atoms with Gasteiger partial charge in [-0.3, -0.25) is 4.79 Å². The first-order valence-electron chi connectivity index (χ1n) is 12.4. The number of aromatic nitrogens is 4. The summed E-state index contributed by atoms with van der Waals surface area (Å²) in [6.45, 7) is 5.43. The first-order valence-corrected chi connectivity index (χ1v) is 14.2. The first kappa shape index (κ1) is 24.1. The van der Waals surface area contributed by atoms with Crippen molar-refractivity contribution in [3.8, 4) is 0 Å². The molecular weight excluding hydrogens is 506 g/mol. The molecule has 2 saturated heterocycles. The Hall–Kier alpha value is -3.28. The molecule has 6 rings (SSSR count). The maximum Gasteiger partial charge on any atom is 0.264 e. The van der Waals surface area contributed by atoms with Crippen LogP contribution in [0.4, 0.5) is 11.8 Å². The number of benzene rings is 1. The van der Waals surface area contributed by atoms with Crippen LogP contribution >= 0.6 is 23.1 Å². The molecule has 0 N–H and O–H groups in total. The monoisotopic (exact) mass is 533 g/mol. The molecular formula is C26H27N7O2S2. The van der Waals surface area contributed by atoms with Crippen LogP contribution in [0.15, 0.2) is 59.2 Å². The van der Waals surface area contributed by atoms with Crippen molar-refractivity contribution in [2.45, 2.75) is 10.8 Å². The summed E-state index contributed by atoms with van der Waals surface area (Å²) < 4.78 is 5.59. The molecule has 2 aliphatic heterocycles. The summed E-state index contributed by atoms with van der Waals surface area (Å²) in [6.07, 6.45) is 1.61. The van der Waals surface area contributed by atoms with Crippen LogP contribution in [0.3, 0.4) is 0 Å². The van der Waals surface area contributed by atoms with Gasteiger partial charge in [0.25, 0.3) is 5.91 Å². The minimum Gasteiger partial charge on any atom is -0.378 e. The van der Waals surface area contributed by atoms with Crippen LogP contribution in [-0.2, 0) is 10.5 Å². The van der Waals surface area contributed by atoms with Gasteiger partial charge < -0.3 is 19.4 Å². The summed E-state index contributed by atoms with van der Waals surface area (Å²) >= 11 is 3.15. The third-order valence-corrected chi connectivity index (χ3v) is 8.44. The third-order valence-electron chi connectivity index (χ3n) is 6.53. The molecule has 37 heavy (non-hydrogen) atoms. The second kappa shape index (κ2) is 11.0. The highest BCUT2D eigenvalue weighted by molar-refractivity contribution is 7.98. The number of thiophene rings is 1. The standard InChI is InChI=1S/C26H27N7O2S2/c34-25(20-7-4-16-36-20)32-8-10-33(11-9-32)26-29-22-21(23(30-26)31-12-14-35-15-13-31)27-18-28-24(22)37-17-19-5-2-1-3-6-19/h1-7,16,18H,8-15,17H2. The SMILES string of the molecule is O=C(c1cccs1)N1CCN(c2nc(N3CCOCC3)c3ncnc(SCc4ccccc4)c3n2)CC1. The van der Waals surface area contributed by atoms with Crippen LogP contribution in [-0.4, -0.2) is 83.2 Å². The lowest BCUT2D eigenvalue weighted by Gasteiger charge is -2.35. The van der Waals surface area contributed by atoms with Crippen LogP contribution in [0.25, 0.3) is 11.0 Å². The number of hydrogen-bond acceptors (Lipinski definition) is 10. The van der Waals surface area contributed by atoms with Crippen molar-refractivity contribution in [1.29, 1.82) is 0 Å². The number of thioether (sulfide) groups is 1. The topological polar surface area (TPSA) is 87.6 Å². The van der Waals surface area contributed by atoms with Crippen molar-refractivity contribution in [1.82, 2.24) is 24.8 Å². The highest BCUT2D eigenvalue weighted by atomic mass is 32.2. The van der Waals surface area contributed by atoms with E-state index in [9.17, 15) is 4.79 Å². The highest BCUT2D eigenvalue weighted by Crippen LogP contribution is 2.32. The van der Waals surface area contributed by atoms with Gasteiger partial charge in [-0.1, -0.05) is 48.2 Å². The van der Waals surface area contributed by atoms with Gasteiger partial charge in [-0.25, -0.2) is 15.0 Å². The van der Waals surface area contributed by atoms with E-state index in [1.807, 2.05) is 40.6 Å². The summed E-state index contributed by atoms with van der Waals surface area (Å²) in [5, 5.41) is 2.79. The zero-order chi connectivity index (χ0) is 25.0. The number of piperazine rings is 1. The number of amides is 1. The number of morpholine rings is 1. The molecule has 2 fully saturated rings. The Morgan fingerprint density at radius 3 is 2.46 bits per heavy atom. The van der Waals surface area contributed by atoms with E-state index in [-0.39, 0.29) is 5.91 Å². The van der Waals surface area contributed by atoms with E-state index >= 15 is 0 Å². The highest BCUT2D eigenvalue weighted by Gasteiger charge is 2.27. The second-order valence-corrected chi connectivity index (χ2v) is 10.8. The lowest BCUT2D eigenvalue weighted by atomic mass is 10.2. The normalized spacial score (nSPS) is 16.4. The molecule has 9 nitrogen and oxygen atoms in total. The lowest BCUT2D eigenvalue weighted by Crippen LogP contribution is -2.49.